The Kier molecular flexibility index (Phi) is 3.13. The highest BCUT2D eigenvalue weighted by Crippen LogP contribution is 2.46. The van der Waals surface area contributed by atoms with Crippen molar-refractivity contribution in [2.75, 3.05) is 13.1 Å². The van der Waals surface area contributed by atoms with Crippen molar-refractivity contribution in [2.45, 2.75) is 50.7 Å². The Morgan fingerprint density at radius 2 is 2.10 bits per heavy atom. The second-order valence-corrected chi connectivity index (χ2v) is 6.67. The van der Waals surface area contributed by atoms with Crippen molar-refractivity contribution in [2.24, 2.45) is 12.8 Å². The van der Waals surface area contributed by atoms with Gasteiger partial charge in [0.15, 0.2) is 0 Å². The smallest absolute Gasteiger partial charge is 0.227 e. The number of hydrogen-bond acceptors (Lipinski definition) is 3. The van der Waals surface area contributed by atoms with Gasteiger partial charge in [0, 0.05) is 24.8 Å². The molecule has 1 aromatic rings. The van der Waals surface area contributed by atoms with E-state index < -0.39 is 11.2 Å². The lowest BCUT2D eigenvalue weighted by Gasteiger charge is -2.27. The predicted octanol–water partition coefficient (Wildman–Crippen LogP) is 1.01. The number of carbonyl (C=O) groups excluding carboxylic acids is 1. The monoisotopic (exact) mass is 294 g/mol. The highest BCUT2D eigenvalue weighted by molar-refractivity contribution is 5.80. The summed E-state index contributed by atoms with van der Waals surface area (Å²) in [4.78, 5) is 14.1. The molecule has 21 heavy (non-hydrogen) atoms. The van der Waals surface area contributed by atoms with Crippen LogP contribution < -0.4 is 5.73 Å². The Hall–Kier alpha value is -1.43. The van der Waals surface area contributed by atoms with Gasteiger partial charge >= 0.3 is 0 Å². The first-order chi connectivity index (χ1) is 9.76. The number of hydrogen-bond donors (Lipinski definition) is 1. The molecule has 1 aliphatic carbocycles. The van der Waals surface area contributed by atoms with E-state index in [1.54, 1.807) is 9.58 Å². The van der Waals surface area contributed by atoms with Crippen LogP contribution >= 0.6 is 0 Å². The van der Waals surface area contributed by atoms with Crippen LogP contribution in [0.25, 0.3) is 0 Å². The number of aryl methyl sites for hydroxylation is 2. The molecule has 0 spiro atoms. The molecule has 1 saturated carbocycles. The van der Waals surface area contributed by atoms with Gasteiger partial charge in [-0.3, -0.25) is 9.48 Å². The van der Waals surface area contributed by atoms with Crippen LogP contribution in [0, 0.1) is 13.8 Å². The number of aromatic nitrogens is 2. The lowest BCUT2D eigenvalue weighted by molar-refractivity contribution is -0.130. The van der Waals surface area contributed by atoms with E-state index in [2.05, 4.69) is 5.10 Å². The standard InChI is InChI=1S/C15H23FN4O/c1-10-12(11(2)19(3)18-10)7-13(21)20-8-14(16)5-4-6-15(14,17)9-20/h4-9,17H2,1-3H3/t14-,15+/m1/s1. The molecule has 0 aromatic carbocycles. The summed E-state index contributed by atoms with van der Waals surface area (Å²) in [5.41, 5.74) is 6.74. The summed E-state index contributed by atoms with van der Waals surface area (Å²) in [6.07, 6.45) is 2.23. The van der Waals surface area contributed by atoms with Crippen LogP contribution in [0.1, 0.15) is 36.2 Å². The average molecular weight is 294 g/mol. The fourth-order valence-electron chi connectivity index (χ4n) is 3.83. The van der Waals surface area contributed by atoms with E-state index in [1.165, 1.54) is 0 Å². The normalized spacial score (nSPS) is 31.8. The van der Waals surface area contributed by atoms with Crippen LogP contribution in [0.2, 0.25) is 0 Å². The zero-order valence-corrected chi connectivity index (χ0v) is 12.9. The fourth-order valence-corrected chi connectivity index (χ4v) is 3.83. The summed E-state index contributed by atoms with van der Waals surface area (Å²) in [6.45, 7) is 4.32. The van der Waals surface area contributed by atoms with Gasteiger partial charge in [-0.05, 0) is 33.1 Å². The van der Waals surface area contributed by atoms with Gasteiger partial charge in [-0.15, -0.1) is 0 Å². The summed E-state index contributed by atoms with van der Waals surface area (Å²) in [5.74, 6) is -0.0505. The molecule has 3 rings (SSSR count). The van der Waals surface area contributed by atoms with Crippen molar-refractivity contribution in [1.29, 1.82) is 0 Å². The summed E-state index contributed by atoms with van der Waals surface area (Å²) >= 11 is 0. The Morgan fingerprint density at radius 3 is 2.67 bits per heavy atom. The minimum Gasteiger partial charge on any atom is -0.337 e. The molecular formula is C15H23FN4O. The van der Waals surface area contributed by atoms with Crippen LogP contribution in [0.5, 0.6) is 0 Å². The van der Waals surface area contributed by atoms with Gasteiger partial charge in [0.2, 0.25) is 5.91 Å². The second kappa shape index (κ2) is 4.53. The maximum Gasteiger partial charge on any atom is 0.227 e. The average Bonchev–Trinajstić information content (AvgIpc) is 2.90. The molecule has 2 heterocycles. The first kappa shape index (κ1) is 14.5. The van der Waals surface area contributed by atoms with E-state index in [0.717, 1.165) is 23.4 Å². The molecule has 2 aliphatic rings. The molecular weight excluding hydrogens is 271 g/mol. The summed E-state index contributed by atoms with van der Waals surface area (Å²) in [5, 5.41) is 4.32. The molecule has 6 heteroatoms. The lowest BCUT2D eigenvalue weighted by Crippen LogP contribution is -2.53. The Balaban J connectivity index is 1.76. The topological polar surface area (TPSA) is 64.2 Å². The molecule has 0 radical (unpaired) electrons. The first-order valence-corrected chi connectivity index (χ1v) is 7.50. The Labute approximate surface area is 124 Å². The maximum absolute atomic E-state index is 14.9. The molecule has 2 atom stereocenters. The quantitative estimate of drug-likeness (QED) is 0.885. The molecule has 5 nitrogen and oxygen atoms in total. The van der Waals surface area contributed by atoms with E-state index in [-0.39, 0.29) is 18.9 Å². The van der Waals surface area contributed by atoms with Crippen LogP contribution in [0.3, 0.4) is 0 Å². The molecule has 0 bridgehead atoms. The van der Waals surface area contributed by atoms with E-state index in [0.29, 0.717) is 19.4 Å². The molecule has 1 amide bonds. The first-order valence-electron chi connectivity index (χ1n) is 7.50. The minimum atomic E-state index is -1.40. The second-order valence-electron chi connectivity index (χ2n) is 6.67. The number of halogens is 1. The van der Waals surface area contributed by atoms with Gasteiger partial charge < -0.3 is 10.6 Å². The number of likely N-dealkylation sites (tertiary alicyclic amines) is 1. The summed E-state index contributed by atoms with van der Waals surface area (Å²) in [7, 11) is 1.86. The molecule has 1 aliphatic heterocycles. The van der Waals surface area contributed by atoms with Crippen LogP contribution in [0.4, 0.5) is 4.39 Å². The van der Waals surface area contributed by atoms with Crippen LogP contribution in [-0.2, 0) is 18.3 Å². The van der Waals surface area contributed by atoms with Crippen LogP contribution in [-0.4, -0.2) is 44.9 Å². The number of fused-ring (bicyclic) bond motifs is 1. The number of nitrogens with two attached hydrogens (primary N) is 1. The van der Waals surface area contributed by atoms with E-state index in [4.69, 9.17) is 5.73 Å². The number of alkyl halides is 1. The summed E-state index contributed by atoms with van der Waals surface area (Å²) in [6, 6.07) is 0. The zero-order chi connectivity index (χ0) is 15.4. The van der Waals surface area contributed by atoms with Crippen molar-refractivity contribution in [3.05, 3.63) is 17.0 Å². The van der Waals surface area contributed by atoms with Gasteiger partial charge in [-0.1, -0.05) is 0 Å². The van der Waals surface area contributed by atoms with Gasteiger partial charge in [0.05, 0.1) is 24.2 Å². The fraction of sp³-hybridized carbons (Fsp3) is 0.733. The van der Waals surface area contributed by atoms with Gasteiger partial charge in [-0.2, -0.15) is 5.10 Å². The molecule has 0 unspecified atom stereocenters. The van der Waals surface area contributed by atoms with Crippen molar-refractivity contribution in [1.82, 2.24) is 14.7 Å². The van der Waals surface area contributed by atoms with E-state index >= 15 is 0 Å². The Morgan fingerprint density at radius 1 is 1.38 bits per heavy atom. The number of rotatable bonds is 2. The Bertz CT molecular complexity index is 581. The van der Waals surface area contributed by atoms with Gasteiger partial charge in [0.1, 0.15) is 5.67 Å². The number of nitrogens with zero attached hydrogens (tertiary/aromatic N) is 3. The summed E-state index contributed by atoms with van der Waals surface area (Å²) < 4.78 is 16.6. The van der Waals surface area contributed by atoms with Gasteiger partial charge in [-0.25, -0.2) is 4.39 Å². The van der Waals surface area contributed by atoms with E-state index in [1.807, 2.05) is 20.9 Å². The third-order valence-electron chi connectivity index (χ3n) is 5.34. The molecule has 2 N–H and O–H groups in total. The van der Waals surface area contributed by atoms with Crippen molar-refractivity contribution >= 4 is 5.91 Å². The van der Waals surface area contributed by atoms with Crippen LogP contribution in [0.15, 0.2) is 0 Å². The van der Waals surface area contributed by atoms with Gasteiger partial charge in [0.25, 0.3) is 0 Å². The largest absolute Gasteiger partial charge is 0.337 e. The highest BCUT2D eigenvalue weighted by Gasteiger charge is 2.60. The molecule has 116 valence electrons. The predicted molar refractivity (Wildman–Crippen MR) is 77.6 cm³/mol. The molecule has 2 fully saturated rings. The number of carbonyl (C=O) groups is 1. The SMILES string of the molecule is Cc1nn(C)c(C)c1CC(=O)N1C[C@@]2(N)CCC[C@@]2(F)C1. The third kappa shape index (κ3) is 2.08. The van der Waals surface area contributed by atoms with Crippen molar-refractivity contribution < 1.29 is 9.18 Å². The molecule has 1 saturated heterocycles. The van der Waals surface area contributed by atoms with E-state index in [9.17, 15) is 9.18 Å². The lowest BCUT2D eigenvalue weighted by atomic mass is 9.89. The minimum absolute atomic E-state index is 0.0505. The van der Waals surface area contributed by atoms with Crippen molar-refractivity contribution in [3.8, 4) is 0 Å². The highest BCUT2D eigenvalue weighted by atomic mass is 19.1. The third-order valence-corrected chi connectivity index (χ3v) is 5.34. The van der Waals surface area contributed by atoms with Crippen molar-refractivity contribution in [3.63, 3.8) is 0 Å². The molecule has 1 aromatic heterocycles. The number of amides is 1. The zero-order valence-electron chi connectivity index (χ0n) is 12.9. The maximum atomic E-state index is 14.9.